The van der Waals surface area contributed by atoms with E-state index in [-0.39, 0.29) is 0 Å². The summed E-state index contributed by atoms with van der Waals surface area (Å²) < 4.78 is 0. The topological polar surface area (TPSA) is 12.0 Å². The van der Waals surface area contributed by atoms with Crippen LogP contribution in [0, 0.1) is 13.8 Å². The molecule has 0 atom stereocenters. The predicted octanol–water partition coefficient (Wildman–Crippen LogP) is 3.58. The van der Waals surface area contributed by atoms with Crippen LogP contribution in [0.25, 0.3) is 0 Å². The highest BCUT2D eigenvalue weighted by Gasteiger charge is 2.05. The second-order valence-corrected chi connectivity index (χ2v) is 4.26. The van der Waals surface area contributed by atoms with Crippen LogP contribution in [0.5, 0.6) is 0 Å². The van der Waals surface area contributed by atoms with E-state index in [1.165, 1.54) is 29.5 Å². The van der Waals surface area contributed by atoms with Gasteiger partial charge in [0.25, 0.3) is 0 Å². The number of aryl methyl sites for hydroxylation is 2. The Morgan fingerprint density at radius 3 is 2.07 bits per heavy atom. The fourth-order valence-electron chi connectivity index (χ4n) is 1.95. The lowest BCUT2D eigenvalue weighted by Crippen LogP contribution is -2.27. The Balaban J connectivity index is 2.64. The van der Waals surface area contributed by atoms with Gasteiger partial charge in [-0.15, -0.1) is 0 Å². The number of nitrogens with one attached hydrogen (secondary N) is 1. The first kappa shape index (κ1) is 12.3. The molecule has 1 nitrogen and oxygen atoms in total. The van der Waals surface area contributed by atoms with Crippen LogP contribution in [0.1, 0.15) is 43.4 Å². The molecule has 0 bridgehead atoms. The molecule has 0 radical (unpaired) electrons. The summed E-state index contributed by atoms with van der Waals surface area (Å²) >= 11 is 0. The highest BCUT2D eigenvalue weighted by molar-refractivity contribution is 5.33. The van der Waals surface area contributed by atoms with Crippen molar-refractivity contribution in [3.8, 4) is 0 Å². The molecule has 0 aromatic heterocycles. The molecule has 15 heavy (non-hydrogen) atoms. The van der Waals surface area contributed by atoms with Gasteiger partial charge in [0.2, 0.25) is 0 Å². The van der Waals surface area contributed by atoms with Crippen molar-refractivity contribution in [3.63, 3.8) is 0 Å². The summed E-state index contributed by atoms with van der Waals surface area (Å²) in [5, 5.41) is 3.62. The molecular weight excluding hydrogens is 182 g/mol. The molecule has 0 amide bonds. The van der Waals surface area contributed by atoms with Gasteiger partial charge < -0.3 is 5.32 Å². The van der Waals surface area contributed by atoms with Crippen molar-refractivity contribution in [3.05, 3.63) is 34.9 Å². The normalized spacial score (nSPS) is 11.0. The van der Waals surface area contributed by atoms with Crippen LogP contribution in [0.15, 0.2) is 18.2 Å². The molecule has 1 N–H and O–H groups in total. The lowest BCUT2D eigenvalue weighted by Gasteiger charge is -2.17. The molecule has 0 heterocycles. The van der Waals surface area contributed by atoms with E-state index in [0.717, 1.165) is 6.54 Å². The van der Waals surface area contributed by atoms with Gasteiger partial charge in [0.05, 0.1) is 0 Å². The largest absolute Gasteiger partial charge is 0.310 e. The zero-order valence-corrected chi connectivity index (χ0v) is 10.4. The molecule has 0 aliphatic heterocycles. The summed E-state index contributed by atoms with van der Waals surface area (Å²) in [7, 11) is 0. The van der Waals surface area contributed by atoms with E-state index in [1.807, 2.05) is 0 Å². The standard InChI is InChI=1S/C14H23N/c1-5-13(6-2)15-10-14-11(3)8-7-9-12(14)4/h7-9,13,15H,5-6,10H2,1-4H3. The molecule has 84 valence electrons. The Hall–Kier alpha value is -0.820. The number of benzene rings is 1. The Morgan fingerprint density at radius 1 is 1.07 bits per heavy atom. The van der Waals surface area contributed by atoms with Gasteiger partial charge in [-0.1, -0.05) is 32.0 Å². The van der Waals surface area contributed by atoms with Gasteiger partial charge in [0.1, 0.15) is 0 Å². The Morgan fingerprint density at radius 2 is 1.60 bits per heavy atom. The fraction of sp³-hybridized carbons (Fsp3) is 0.571. The van der Waals surface area contributed by atoms with Crippen LogP contribution in [-0.4, -0.2) is 6.04 Å². The molecular formula is C14H23N. The monoisotopic (exact) mass is 205 g/mol. The summed E-state index contributed by atoms with van der Waals surface area (Å²) in [6.45, 7) is 9.87. The zero-order chi connectivity index (χ0) is 11.3. The molecule has 0 unspecified atom stereocenters. The van der Waals surface area contributed by atoms with Crippen LogP contribution in [0.3, 0.4) is 0 Å². The van der Waals surface area contributed by atoms with Crippen LogP contribution in [-0.2, 0) is 6.54 Å². The lowest BCUT2D eigenvalue weighted by molar-refractivity contribution is 0.483. The predicted molar refractivity (Wildman–Crippen MR) is 67.1 cm³/mol. The number of hydrogen-bond donors (Lipinski definition) is 1. The first-order chi connectivity index (χ1) is 7.19. The van der Waals surface area contributed by atoms with Crippen molar-refractivity contribution in [2.24, 2.45) is 0 Å². The third-order valence-electron chi connectivity index (χ3n) is 3.20. The Labute approximate surface area is 93.9 Å². The molecule has 0 aliphatic rings. The SMILES string of the molecule is CCC(CC)NCc1c(C)cccc1C. The zero-order valence-electron chi connectivity index (χ0n) is 10.4. The molecule has 1 aromatic rings. The fourth-order valence-corrected chi connectivity index (χ4v) is 1.95. The van der Waals surface area contributed by atoms with E-state index in [4.69, 9.17) is 0 Å². The van der Waals surface area contributed by atoms with Gasteiger partial charge >= 0.3 is 0 Å². The summed E-state index contributed by atoms with van der Waals surface area (Å²) in [6, 6.07) is 7.17. The Bertz CT molecular complexity index is 280. The maximum Gasteiger partial charge on any atom is 0.0213 e. The third-order valence-corrected chi connectivity index (χ3v) is 3.20. The van der Waals surface area contributed by atoms with E-state index in [2.05, 4.69) is 51.2 Å². The van der Waals surface area contributed by atoms with E-state index in [9.17, 15) is 0 Å². The van der Waals surface area contributed by atoms with Crippen LogP contribution in [0.4, 0.5) is 0 Å². The summed E-state index contributed by atoms with van der Waals surface area (Å²) in [5.41, 5.74) is 4.26. The molecule has 1 rings (SSSR count). The quantitative estimate of drug-likeness (QED) is 0.774. The number of rotatable bonds is 5. The molecule has 0 fully saturated rings. The summed E-state index contributed by atoms with van der Waals surface area (Å²) in [4.78, 5) is 0. The van der Waals surface area contributed by atoms with Crippen molar-refractivity contribution < 1.29 is 0 Å². The first-order valence-corrected chi connectivity index (χ1v) is 5.97. The van der Waals surface area contributed by atoms with Crippen LogP contribution in [0.2, 0.25) is 0 Å². The van der Waals surface area contributed by atoms with Crippen LogP contribution < -0.4 is 5.32 Å². The van der Waals surface area contributed by atoms with Gasteiger partial charge in [-0.3, -0.25) is 0 Å². The van der Waals surface area contributed by atoms with Gasteiger partial charge in [0.15, 0.2) is 0 Å². The Kier molecular flexibility index (Phi) is 4.83. The third kappa shape index (κ3) is 3.35. The minimum atomic E-state index is 0.656. The maximum absolute atomic E-state index is 3.62. The number of hydrogen-bond acceptors (Lipinski definition) is 1. The molecule has 0 saturated heterocycles. The van der Waals surface area contributed by atoms with Crippen LogP contribution >= 0.6 is 0 Å². The highest BCUT2D eigenvalue weighted by atomic mass is 14.9. The van der Waals surface area contributed by atoms with Crippen molar-refractivity contribution in [2.75, 3.05) is 0 Å². The molecule has 1 heteroatoms. The van der Waals surface area contributed by atoms with Gasteiger partial charge in [-0.25, -0.2) is 0 Å². The van der Waals surface area contributed by atoms with E-state index in [1.54, 1.807) is 0 Å². The average Bonchev–Trinajstić information content (AvgIpc) is 2.23. The van der Waals surface area contributed by atoms with E-state index >= 15 is 0 Å². The van der Waals surface area contributed by atoms with Crippen molar-refractivity contribution >= 4 is 0 Å². The lowest BCUT2D eigenvalue weighted by atomic mass is 10.0. The average molecular weight is 205 g/mol. The van der Waals surface area contributed by atoms with Gasteiger partial charge in [-0.05, 0) is 43.4 Å². The molecule has 0 saturated carbocycles. The maximum atomic E-state index is 3.62. The van der Waals surface area contributed by atoms with E-state index < -0.39 is 0 Å². The molecule has 1 aromatic carbocycles. The minimum absolute atomic E-state index is 0.656. The van der Waals surface area contributed by atoms with Gasteiger partial charge in [-0.2, -0.15) is 0 Å². The van der Waals surface area contributed by atoms with Crippen molar-refractivity contribution in [2.45, 2.75) is 53.1 Å². The smallest absolute Gasteiger partial charge is 0.0213 e. The van der Waals surface area contributed by atoms with E-state index in [0.29, 0.717) is 6.04 Å². The molecule has 0 aliphatic carbocycles. The first-order valence-electron chi connectivity index (χ1n) is 5.97. The highest BCUT2D eigenvalue weighted by Crippen LogP contribution is 2.13. The van der Waals surface area contributed by atoms with Crippen molar-refractivity contribution in [1.29, 1.82) is 0 Å². The van der Waals surface area contributed by atoms with Crippen molar-refractivity contribution in [1.82, 2.24) is 5.32 Å². The van der Waals surface area contributed by atoms with Gasteiger partial charge in [0, 0.05) is 12.6 Å². The molecule has 0 spiro atoms. The minimum Gasteiger partial charge on any atom is -0.310 e. The second kappa shape index (κ2) is 5.92. The second-order valence-electron chi connectivity index (χ2n) is 4.26. The summed E-state index contributed by atoms with van der Waals surface area (Å²) in [5.74, 6) is 0. The summed E-state index contributed by atoms with van der Waals surface area (Å²) in [6.07, 6.45) is 2.42.